The quantitative estimate of drug-likeness (QED) is 0.478. The van der Waals surface area contributed by atoms with Gasteiger partial charge < -0.3 is 19.5 Å². The normalized spacial score (nSPS) is 11.0. The Bertz CT molecular complexity index is 1370. The zero-order valence-electron chi connectivity index (χ0n) is 18.3. The molecule has 0 aliphatic heterocycles. The summed E-state index contributed by atoms with van der Waals surface area (Å²) in [5.74, 6) is 2.18. The van der Waals surface area contributed by atoms with E-state index in [-0.39, 0.29) is 24.6 Å². The summed E-state index contributed by atoms with van der Waals surface area (Å²) in [5.41, 5.74) is 1.69. The third kappa shape index (κ3) is 3.73. The summed E-state index contributed by atoms with van der Waals surface area (Å²) >= 11 is 0. The number of carbonyl (C=O) groups is 1. The maximum absolute atomic E-state index is 13.1. The minimum atomic E-state index is -0.356. The summed E-state index contributed by atoms with van der Waals surface area (Å²) in [7, 11) is 4.71. The summed E-state index contributed by atoms with van der Waals surface area (Å²) in [5, 5.41) is 7.98. The molecule has 9 heteroatoms. The van der Waals surface area contributed by atoms with Gasteiger partial charge in [-0.25, -0.2) is 4.68 Å². The van der Waals surface area contributed by atoms with E-state index in [1.165, 1.54) is 4.68 Å². The molecule has 1 N–H and O–H groups in total. The van der Waals surface area contributed by atoms with Crippen molar-refractivity contribution in [2.75, 3.05) is 21.3 Å². The minimum Gasteiger partial charge on any atom is -0.497 e. The van der Waals surface area contributed by atoms with Gasteiger partial charge in [0.2, 0.25) is 5.91 Å². The van der Waals surface area contributed by atoms with Crippen LogP contribution in [0.25, 0.3) is 16.4 Å². The van der Waals surface area contributed by atoms with Gasteiger partial charge in [-0.05, 0) is 37.3 Å². The molecule has 0 saturated carbocycles. The number of nitrogens with zero attached hydrogens (tertiary/aromatic N) is 3. The fraction of sp³-hybridized carbons (Fsp3) is 0.261. The lowest BCUT2D eigenvalue weighted by atomic mass is 10.2. The van der Waals surface area contributed by atoms with Crippen LogP contribution in [-0.4, -0.2) is 41.4 Å². The summed E-state index contributed by atoms with van der Waals surface area (Å²) in [4.78, 5) is 25.6. The van der Waals surface area contributed by atoms with Crippen LogP contribution in [0.1, 0.15) is 11.4 Å². The molecule has 0 radical (unpaired) electrons. The van der Waals surface area contributed by atoms with E-state index in [0.717, 1.165) is 16.5 Å². The van der Waals surface area contributed by atoms with E-state index >= 15 is 0 Å². The van der Waals surface area contributed by atoms with Crippen LogP contribution >= 0.6 is 0 Å². The minimum absolute atomic E-state index is 0.201. The van der Waals surface area contributed by atoms with Crippen LogP contribution < -0.4 is 25.1 Å². The molecule has 166 valence electrons. The van der Waals surface area contributed by atoms with E-state index < -0.39 is 0 Å². The van der Waals surface area contributed by atoms with Crippen molar-refractivity contribution in [2.45, 2.75) is 20.0 Å². The largest absolute Gasteiger partial charge is 0.497 e. The predicted octanol–water partition coefficient (Wildman–Crippen LogP) is 2.30. The number of benzene rings is 2. The molecule has 2 heterocycles. The van der Waals surface area contributed by atoms with E-state index in [4.69, 9.17) is 14.2 Å². The number of fused-ring (bicyclic) bond motifs is 3. The van der Waals surface area contributed by atoms with Crippen LogP contribution in [0.15, 0.2) is 47.3 Å². The van der Waals surface area contributed by atoms with Crippen molar-refractivity contribution in [3.05, 3.63) is 64.2 Å². The Morgan fingerprint density at radius 2 is 1.78 bits per heavy atom. The molecule has 2 aromatic carbocycles. The number of hydrogen-bond donors (Lipinski definition) is 1. The van der Waals surface area contributed by atoms with Gasteiger partial charge in [-0.3, -0.25) is 14.0 Å². The third-order valence-corrected chi connectivity index (χ3v) is 5.33. The van der Waals surface area contributed by atoms with Crippen LogP contribution in [0.3, 0.4) is 0 Å². The molecule has 0 spiro atoms. The van der Waals surface area contributed by atoms with Crippen LogP contribution in [0.2, 0.25) is 0 Å². The van der Waals surface area contributed by atoms with E-state index in [0.29, 0.717) is 28.6 Å². The average molecular weight is 436 g/mol. The van der Waals surface area contributed by atoms with Gasteiger partial charge in [0.1, 0.15) is 35.1 Å². The fourth-order valence-electron chi connectivity index (χ4n) is 3.78. The van der Waals surface area contributed by atoms with Gasteiger partial charge in [0.05, 0.1) is 26.8 Å². The maximum Gasteiger partial charge on any atom is 0.291 e. The lowest BCUT2D eigenvalue weighted by Gasteiger charge is -2.12. The van der Waals surface area contributed by atoms with Gasteiger partial charge >= 0.3 is 0 Å². The monoisotopic (exact) mass is 436 g/mol. The van der Waals surface area contributed by atoms with Crippen molar-refractivity contribution < 1.29 is 19.0 Å². The van der Waals surface area contributed by atoms with E-state index in [1.807, 2.05) is 24.3 Å². The van der Waals surface area contributed by atoms with Gasteiger partial charge in [0, 0.05) is 23.6 Å². The number of rotatable bonds is 7. The molecule has 0 atom stereocenters. The second-order valence-corrected chi connectivity index (χ2v) is 7.22. The Kier molecular flexibility index (Phi) is 5.72. The average Bonchev–Trinajstić information content (AvgIpc) is 3.21. The number of hydrogen-bond acceptors (Lipinski definition) is 6. The second-order valence-electron chi connectivity index (χ2n) is 7.22. The molecular formula is C23H24N4O5. The highest BCUT2D eigenvalue weighted by atomic mass is 16.5. The number of nitrogens with one attached hydrogen (secondary N) is 1. The molecule has 0 aliphatic rings. The lowest BCUT2D eigenvalue weighted by molar-refractivity contribution is -0.122. The van der Waals surface area contributed by atoms with Crippen molar-refractivity contribution in [2.24, 2.45) is 0 Å². The third-order valence-electron chi connectivity index (χ3n) is 5.33. The first-order valence-corrected chi connectivity index (χ1v) is 10.00. The zero-order valence-corrected chi connectivity index (χ0v) is 18.3. The molecular weight excluding hydrogens is 412 g/mol. The first kappa shape index (κ1) is 21.2. The first-order valence-electron chi connectivity index (χ1n) is 10.00. The maximum atomic E-state index is 13.1. The Hall–Kier alpha value is -4.01. The summed E-state index contributed by atoms with van der Waals surface area (Å²) in [6.45, 7) is 1.84. The molecule has 2 aromatic heterocycles. The van der Waals surface area contributed by atoms with Crippen molar-refractivity contribution >= 4 is 22.3 Å². The molecule has 1 amide bonds. The van der Waals surface area contributed by atoms with Gasteiger partial charge in [-0.2, -0.15) is 5.10 Å². The van der Waals surface area contributed by atoms with Gasteiger partial charge in [0.15, 0.2) is 0 Å². The highest BCUT2D eigenvalue weighted by Gasteiger charge is 2.16. The number of methoxy groups -OCH3 is 3. The molecule has 4 rings (SSSR count). The number of amides is 1. The Morgan fingerprint density at radius 3 is 2.50 bits per heavy atom. The van der Waals surface area contributed by atoms with Crippen molar-refractivity contribution in [3.8, 4) is 17.2 Å². The smallest absolute Gasteiger partial charge is 0.291 e. The molecule has 9 nitrogen and oxygen atoms in total. The summed E-state index contributed by atoms with van der Waals surface area (Å²) in [6, 6.07) is 12.7. The molecule has 0 saturated heterocycles. The Morgan fingerprint density at radius 1 is 1.00 bits per heavy atom. The van der Waals surface area contributed by atoms with Crippen LogP contribution in [0, 0.1) is 6.92 Å². The van der Waals surface area contributed by atoms with Crippen LogP contribution in [0.5, 0.6) is 17.2 Å². The van der Waals surface area contributed by atoms with E-state index in [9.17, 15) is 9.59 Å². The molecule has 0 fully saturated rings. The standard InChI is InChI=1S/C23H24N4O5/c1-14-25-26(13-22(28)24-12-15-8-9-16(30-2)10-21(15)32-4)23(29)19-11-17-18(27(14)19)6-5-7-20(17)31-3/h5-11H,12-13H2,1-4H3,(H,24,28). The summed E-state index contributed by atoms with van der Waals surface area (Å²) in [6.07, 6.45) is 0. The van der Waals surface area contributed by atoms with Gasteiger partial charge in [0.25, 0.3) is 5.56 Å². The van der Waals surface area contributed by atoms with Crippen molar-refractivity contribution in [3.63, 3.8) is 0 Å². The number of carbonyl (C=O) groups excluding carboxylic acids is 1. The SMILES string of the molecule is COc1ccc(CNC(=O)Cn2nc(C)n3c(cc4c(OC)cccc43)c2=O)c(OC)c1. The Balaban J connectivity index is 1.59. The topological polar surface area (TPSA) is 96.1 Å². The van der Waals surface area contributed by atoms with Crippen molar-refractivity contribution in [1.29, 1.82) is 0 Å². The molecule has 0 unspecified atom stereocenters. The van der Waals surface area contributed by atoms with Gasteiger partial charge in [-0.15, -0.1) is 0 Å². The first-order chi connectivity index (χ1) is 15.5. The van der Waals surface area contributed by atoms with E-state index in [2.05, 4.69) is 10.4 Å². The predicted molar refractivity (Wildman–Crippen MR) is 120 cm³/mol. The molecule has 0 bridgehead atoms. The van der Waals surface area contributed by atoms with E-state index in [1.54, 1.807) is 50.9 Å². The second kappa shape index (κ2) is 8.62. The van der Waals surface area contributed by atoms with Crippen molar-refractivity contribution in [1.82, 2.24) is 19.5 Å². The lowest BCUT2D eigenvalue weighted by Crippen LogP contribution is -2.34. The summed E-state index contributed by atoms with van der Waals surface area (Å²) < 4.78 is 18.9. The zero-order chi connectivity index (χ0) is 22.8. The fourth-order valence-corrected chi connectivity index (χ4v) is 3.78. The molecule has 4 aromatic rings. The van der Waals surface area contributed by atoms with Crippen LogP contribution in [-0.2, 0) is 17.9 Å². The number of aromatic nitrogens is 3. The molecule has 32 heavy (non-hydrogen) atoms. The molecule has 0 aliphatic carbocycles. The number of aryl methyl sites for hydroxylation is 1. The highest BCUT2D eigenvalue weighted by Crippen LogP contribution is 2.28. The number of ether oxygens (including phenoxy) is 3. The highest BCUT2D eigenvalue weighted by molar-refractivity contribution is 5.92. The van der Waals surface area contributed by atoms with Gasteiger partial charge in [-0.1, -0.05) is 6.07 Å². The Labute approximate surface area is 184 Å². The van der Waals surface area contributed by atoms with Crippen LogP contribution in [0.4, 0.5) is 0 Å².